The van der Waals surface area contributed by atoms with Crippen LogP contribution in [0.1, 0.15) is 35.9 Å². The lowest BCUT2D eigenvalue weighted by Crippen LogP contribution is -2.23. The van der Waals surface area contributed by atoms with Gasteiger partial charge in [0.05, 0.1) is 20.8 Å². The van der Waals surface area contributed by atoms with Crippen molar-refractivity contribution in [3.8, 4) is 22.9 Å². The lowest BCUT2D eigenvalue weighted by molar-refractivity contribution is 0.209. The highest BCUT2D eigenvalue weighted by Crippen LogP contribution is 2.39. The van der Waals surface area contributed by atoms with Gasteiger partial charge in [0.1, 0.15) is 11.5 Å². The Morgan fingerprint density at radius 2 is 2.00 bits per heavy atom. The Labute approximate surface area is 165 Å². The van der Waals surface area contributed by atoms with E-state index < -0.39 is 0 Å². The molecule has 4 rings (SSSR count). The lowest BCUT2D eigenvalue weighted by Gasteiger charge is -2.25. The minimum Gasteiger partial charge on any atom is -0.497 e. The molecule has 0 radical (unpaired) electrons. The third-order valence-corrected chi connectivity index (χ3v) is 5.35. The molecule has 146 valence electrons. The molecule has 2 heterocycles. The van der Waals surface area contributed by atoms with Crippen molar-refractivity contribution in [2.45, 2.75) is 32.4 Å². The maximum Gasteiger partial charge on any atom is 0.241 e. The summed E-state index contributed by atoms with van der Waals surface area (Å²) in [6, 6.07) is 14.3. The number of likely N-dealkylation sites (tertiary alicyclic amines) is 1. The molecule has 6 nitrogen and oxygen atoms in total. The molecule has 2 aromatic carbocycles. The number of rotatable bonds is 6. The first-order chi connectivity index (χ1) is 13.7. The standard InChI is InChI=1S/C22H25N3O3/c1-15-7-4-5-8-17(15)22-23-21(28-24-22)14-25-12-6-9-19(25)18-13-16(26-2)10-11-20(18)27-3/h4-5,7-8,10-11,13,19H,6,9,12,14H2,1-3H3/t19-/m1/s1. The van der Waals surface area contributed by atoms with E-state index >= 15 is 0 Å². The molecule has 0 unspecified atom stereocenters. The number of aromatic nitrogens is 2. The minimum absolute atomic E-state index is 0.235. The van der Waals surface area contributed by atoms with Crippen molar-refractivity contribution in [3.63, 3.8) is 0 Å². The van der Waals surface area contributed by atoms with Gasteiger partial charge in [0.2, 0.25) is 11.7 Å². The lowest BCUT2D eigenvalue weighted by atomic mass is 10.0. The zero-order valence-electron chi connectivity index (χ0n) is 16.5. The number of hydrogen-bond acceptors (Lipinski definition) is 6. The fourth-order valence-corrected chi connectivity index (χ4v) is 3.89. The average Bonchev–Trinajstić information content (AvgIpc) is 3.38. The summed E-state index contributed by atoms with van der Waals surface area (Å²) in [4.78, 5) is 7.00. The van der Waals surface area contributed by atoms with Crippen LogP contribution in [0.25, 0.3) is 11.4 Å². The molecular weight excluding hydrogens is 354 g/mol. The van der Waals surface area contributed by atoms with Gasteiger partial charge < -0.3 is 14.0 Å². The maximum atomic E-state index is 5.60. The van der Waals surface area contributed by atoms with E-state index in [4.69, 9.17) is 14.0 Å². The number of methoxy groups -OCH3 is 2. The molecule has 1 aliphatic rings. The zero-order chi connectivity index (χ0) is 19.5. The molecule has 1 atom stereocenters. The molecule has 0 bridgehead atoms. The summed E-state index contributed by atoms with van der Waals surface area (Å²) >= 11 is 0. The van der Waals surface area contributed by atoms with Crippen molar-refractivity contribution in [2.75, 3.05) is 20.8 Å². The fraction of sp³-hybridized carbons (Fsp3) is 0.364. The minimum atomic E-state index is 0.235. The Bertz CT molecular complexity index is 954. The Balaban J connectivity index is 1.57. The molecule has 28 heavy (non-hydrogen) atoms. The van der Waals surface area contributed by atoms with Gasteiger partial charge in [-0.3, -0.25) is 4.90 Å². The molecule has 0 saturated carbocycles. The summed E-state index contributed by atoms with van der Waals surface area (Å²) in [5.74, 6) is 2.99. The maximum absolute atomic E-state index is 5.60. The van der Waals surface area contributed by atoms with Crippen LogP contribution in [-0.2, 0) is 6.54 Å². The predicted octanol–water partition coefficient (Wildman–Crippen LogP) is 4.40. The van der Waals surface area contributed by atoms with Crippen molar-refractivity contribution in [2.24, 2.45) is 0 Å². The average molecular weight is 379 g/mol. The van der Waals surface area contributed by atoms with Crippen LogP contribution in [-0.4, -0.2) is 35.8 Å². The summed E-state index contributed by atoms with van der Waals surface area (Å²) in [7, 11) is 3.39. The van der Waals surface area contributed by atoms with Crippen LogP contribution in [0, 0.1) is 6.92 Å². The van der Waals surface area contributed by atoms with Gasteiger partial charge in [0, 0.05) is 17.2 Å². The molecule has 0 amide bonds. The molecule has 0 spiro atoms. The summed E-state index contributed by atoms with van der Waals surface area (Å²) < 4.78 is 16.6. The number of ether oxygens (including phenoxy) is 2. The Kier molecular flexibility index (Phi) is 5.30. The number of nitrogens with zero attached hydrogens (tertiary/aromatic N) is 3. The highest BCUT2D eigenvalue weighted by molar-refractivity contribution is 5.58. The largest absolute Gasteiger partial charge is 0.497 e. The van der Waals surface area contributed by atoms with E-state index in [9.17, 15) is 0 Å². The van der Waals surface area contributed by atoms with Gasteiger partial charge in [-0.15, -0.1) is 0 Å². The second kappa shape index (κ2) is 8.02. The molecule has 1 aliphatic heterocycles. The third kappa shape index (κ3) is 3.60. The second-order valence-corrected chi connectivity index (χ2v) is 7.06. The van der Waals surface area contributed by atoms with Gasteiger partial charge >= 0.3 is 0 Å². The molecule has 0 aliphatic carbocycles. The smallest absolute Gasteiger partial charge is 0.241 e. The number of aryl methyl sites for hydroxylation is 1. The summed E-state index contributed by atoms with van der Waals surface area (Å²) in [5, 5.41) is 4.19. The van der Waals surface area contributed by atoms with Gasteiger partial charge in [-0.25, -0.2) is 0 Å². The van der Waals surface area contributed by atoms with Crippen LogP contribution in [0.2, 0.25) is 0 Å². The van der Waals surface area contributed by atoms with E-state index in [-0.39, 0.29) is 6.04 Å². The van der Waals surface area contributed by atoms with Crippen molar-refractivity contribution < 1.29 is 14.0 Å². The molecular formula is C22H25N3O3. The topological polar surface area (TPSA) is 60.6 Å². The number of hydrogen-bond donors (Lipinski definition) is 0. The van der Waals surface area contributed by atoms with E-state index in [2.05, 4.69) is 34.1 Å². The van der Waals surface area contributed by atoms with E-state index in [0.717, 1.165) is 47.6 Å². The fourth-order valence-electron chi connectivity index (χ4n) is 3.89. The normalized spacial score (nSPS) is 17.0. The Morgan fingerprint density at radius 1 is 1.14 bits per heavy atom. The summed E-state index contributed by atoms with van der Waals surface area (Å²) in [6.45, 7) is 3.65. The van der Waals surface area contributed by atoms with Crippen LogP contribution < -0.4 is 9.47 Å². The van der Waals surface area contributed by atoms with Gasteiger partial charge in [0.15, 0.2) is 0 Å². The van der Waals surface area contributed by atoms with Gasteiger partial charge in [-0.2, -0.15) is 4.98 Å². The first kappa shape index (κ1) is 18.5. The van der Waals surface area contributed by atoms with Crippen molar-refractivity contribution in [3.05, 3.63) is 59.5 Å². The SMILES string of the molecule is COc1ccc(OC)c([C@H]2CCCN2Cc2nc(-c3ccccc3C)no2)c1. The summed E-state index contributed by atoms with van der Waals surface area (Å²) in [6.07, 6.45) is 2.17. The van der Waals surface area contributed by atoms with Crippen LogP contribution in [0.4, 0.5) is 0 Å². The molecule has 6 heteroatoms. The Morgan fingerprint density at radius 3 is 2.79 bits per heavy atom. The Hall–Kier alpha value is -2.86. The molecule has 1 saturated heterocycles. The monoisotopic (exact) mass is 379 g/mol. The quantitative estimate of drug-likeness (QED) is 0.633. The highest BCUT2D eigenvalue weighted by Gasteiger charge is 2.30. The van der Waals surface area contributed by atoms with Crippen molar-refractivity contribution in [1.82, 2.24) is 15.0 Å². The first-order valence-corrected chi connectivity index (χ1v) is 9.54. The van der Waals surface area contributed by atoms with Gasteiger partial charge in [0.25, 0.3) is 0 Å². The molecule has 3 aromatic rings. The van der Waals surface area contributed by atoms with Gasteiger partial charge in [-0.1, -0.05) is 29.4 Å². The van der Waals surface area contributed by atoms with Gasteiger partial charge in [-0.05, 0) is 50.1 Å². The van der Waals surface area contributed by atoms with Crippen molar-refractivity contribution >= 4 is 0 Å². The summed E-state index contributed by atoms with van der Waals surface area (Å²) in [5.41, 5.74) is 3.28. The highest BCUT2D eigenvalue weighted by atomic mass is 16.5. The van der Waals surface area contributed by atoms with Crippen molar-refractivity contribution in [1.29, 1.82) is 0 Å². The third-order valence-electron chi connectivity index (χ3n) is 5.35. The van der Waals surface area contributed by atoms with Crippen LogP contribution in [0.5, 0.6) is 11.5 Å². The van der Waals surface area contributed by atoms with E-state index in [1.807, 2.05) is 30.3 Å². The zero-order valence-corrected chi connectivity index (χ0v) is 16.5. The molecule has 1 fully saturated rings. The van der Waals surface area contributed by atoms with Crippen LogP contribution in [0.15, 0.2) is 47.0 Å². The van der Waals surface area contributed by atoms with E-state index in [0.29, 0.717) is 18.3 Å². The predicted molar refractivity (Wildman–Crippen MR) is 106 cm³/mol. The van der Waals surface area contributed by atoms with Crippen LogP contribution in [0.3, 0.4) is 0 Å². The molecule has 1 aromatic heterocycles. The number of benzene rings is 2. The second-order valence-electron chi connectivity index (χ2n) is 7.06. The van der Waals surface area contributed by atoms with E-state index in [1.54, 1.807) is 14.2 Å². The molecule has 0 N–H and O–H groups in total. The van der Waals surface area contributed by atoms with E-state index in [1.165, 1.54) is 0 Å². The van der Waals surface area contributed by atoms with Crippen LogP contribution >= 0.6 is 0 Å². The first-order valence-electron chi connectivity index (χ1n) is 9.54.